The van der Waals surface area contributed by atoms with Gasteiger partial charge in [-0.2, -0.15) is 4.31 Å². The molecule has 5 heteroatoms. The molecule has 21 heavy (non-hydrogen) atoms. The molecule has 0 spiro atoms. The van der Waals surface area contributed by atoms with Crippen LogP contribution >= 0.6 is 0 Å². The summed E-state index contributed by atoms with van der Waals surface area (Å²) in [6.45, 7) is 1.20. The van der Waals surface area contributed by atoms with Gasteiger partial charge in [-0.25, -0.2) is 8.42 Å². The van der Waals surface area contributed by atoms with Gasteiger partial charge >= 0.3 is 0 Å². The van der Waals surface area contributed by atoms with Gasteiger partial charge in [0.05, 0.1) is 4.90 Å². The smallest absolute Gasteiger partial charge is 0.243 e. The molecule has 4 nitrogen and oxygen atoms in total. The fourth-order valence-electron chi connectivity index (χ4n) is 2.80. The molecule has 2 aliphatic rings. The summed E-state index contributed by atoms with van der Waals surface area (Å²) < 4.78 is 26.8. The summed E-state index contributed by atoms with van der Waals surface area (Å²) in [7, 11) is -3.41. The van der Waals surface area contributed by atoms with Crippen LogP contribution < -0.4 is 0 Å². The van der Waals surface area contributed by atoms with Gasteiger partial charge in [-0.1, -0.05) is 25.0 Å². The van der Waals surface area contributed by atoms with Gasteiger partial charge in [0.2, 0.25) is 10.0 Å². The second-order valence-corrected chi connectivity index (χ2v) is 7.92. The molecule has 0 bridgehead atoms. The maximum atomic E-state index is 12.6. The minimum absolute atomic E-state index is 0.147. The zero-order valence-corrected chi connectivity index (χ0v) is 12.9. The summed E-state index contributed by atoms with van der Waals surface area (Å²) in [5.74, 6) is 0.312. The molecule has 1 aliphatic carbocycles. The van der Waals surface area contributed by atoms with Crippen molar-refractivity contribution in [3.8, 4) is 0 Å². The van der Waals surface area contributed by atoms with Crippen LogP contribution in [0.3, 0.4) is 0 Å². The number of hydrogen-bond donors (Lipinski definition) is 0. The summed E-state index contributed by atoms with van der Waals surface area (Å²) in [4.78, 5) is 12.3. The van der Waals surface area contributed by atoms with Crippen molar-refractivity contribution in [3.05, 3.63) is 29.8 Å². The Labute approximate surface area is 126 Å². The van der Waals surface area contributed by atoms with E-state index in [9.17, 15) is 13.2 Å². The van der Waals surface area contributed by atoms with E-state index in [0.29, 0.717) is 23.5 Å². The van der Waals surface area contributed by atoms with Gasteiger partial charge in [0.15, 0.2) is 5.78 Å². The van der Waals surface area contributed by atoms with Crippen LogP contribution in [0.1, 0.15) is 48.9 Å². The molecule has 0 amide bonds. The van der Waals surface area contributed by atoms with Crippen molar-refractivity contribution in [3.63, 3.8) is 0 Å². The van der Waals surface area contributed by atoms with Gasteiger partial charge in [0.25, 0.3) is 0 Å². The summed E-state index contributed by atoms with van der Waals surface area (Å²) >= 11 is 0. The summed E-state index contributed by atoms with van der Waals surface area (Å²) in [6, 6.07) is 6.47. The predicted octanol–water partition coefficient (Wildman–Crippen LogP) is 2.84. The van der Waals surface area contributed by atoms with Crippen LogP contribution in [-0.4, -0.2) is 31.6 Å². The number of benzene rings is 1. The quantitative estimate of drug-likeness (QED) is 0.804. The lowest BCUT2D eigenvalue weighted by atomic mass is 10.1. The molecule has 0 radical (unpaired) electrons. The van der Waals surface area contributed by atoms with Gasteiger partial charge in [0, 0.05) is 24.6 Å². The Morgan fingerprint density at radius 3 is 2.05 bits per heavy atom. The Morgan fingerprint density at radius 2 is 1.52 bits per heavy atom. The van der Waals surface area contributed by atoms with E-state index in [4.69, 9.17) is 0 Å². The number of ketones is 1. The molecule has 1 saturated carbocycles. The van der Waals surface area contributed by atoms with Gasteiger partial charge in [-0.3, -0.25) is 4.79 Å². The van der Waals surface area contributed by atoms with Gasteiger partial charge in [-0.15, -0.1) is 0 Å². The maximum Gasteiger partial charge on any atom is 0.243 e. The summed E-state index contributed by atoms with van der Waals surface area (Å²) in [5.41, 5.74) is 0.632. The Balaban J connectivity index is 1.79. The highest BCUT2D eigenvalue weighted by molar-refractivity contribution is 7.89. The van der Waals surface area contributed by atoms with E-state index in [1.165, 1.54) is 0 Å². The van der Waals surface area contributed by atoms with E-state index in [0.717, 1.165) is 38.5 Å². The molecule has 0 atom stereocenters. The topological polar surface area (TPSA) is 54.5 Å². The van der Waals surface area contributed by atoms with Gasteiger partial charge in [-0.05, 0) is 37.8 Å². The number of Topliss-reactive ketones (excluding diaryl/α,β-unsaturated/α-hetero) is 1. The second kappa shape index (κ2) is 5.89. The van der Waals surface area contributed by atoms with Crippen molar-refractivity contribution in [2.45, 2.75) is 43.4 Å². The van der Waals surface area contributed by atoms with Crippen LogP contribution in [0.15, 0.2) is 29.2 Å². The first-order chi connectivity index (χ1) is 10.1. The lowest BCUT2D eigenvalue weighted by Gasteiger charge is -2.20. The van der Waals surface area contributed by atoms with E-state index < -0.39 is 10.0 Å². The molecule has 1 saturated heterocycles. The number of sulfonamides is 1. The highest BCUT2D eigenvalue weighted by atomic mass is 32.2. The molecule has 1 aliphatic heterocycles. The predicted molar refractivity (Wildman–Crippen MR) is 80.7 cm³/mol. The minimum Gasteiger partial charge on any atom is -0.294 e. The molecular formula is C16H21NO3S. The van der Waals surface area contributed by atoms with Crippen LogP contribution in [0.4, 0.5) is 0 Å². The van der Waals surface area contributed by atoms with Crippen LogP contribution in [0.2, 0.25) is 0 Å². The van der Waals surface area contributed by atoms with E-state index in [1.807, 2.05) is 0 Å². The number of hydrogen-bond acceptors (Lipinski definition) is 3. The van der Waals surface area contributed by atoms with Crippen molar-refractivity contribution >= 4 is 15.8 Å². The first-order valence-corrected chi connectivity index (χ1v) is 9.17. The Morgan fingerprint density at radius 1 is 0.952 bits per heavy atom. The SMILES string of the molecule is O=C(c1ccc(S(=O)(=O)N2CCCCCC2)cc1)C1CC1. The summed E-state index contributed by atoms with van der Waals surface area (Å²) in [5, 5.41) is 0. The molecule has 0 unspecified atom stereocenters. The lowest BCUT2D eigenvalue weighted by molar-refractivity contribution is 0.0967. The molecule has 0 N–H and O–H groups in total. The second-order valence-electron chi connectivity index (χ2n) is 5.98. The third-order valence-corrected chi connectivity index (χ3v) is 6.20. The monoisotopic (exact) mass is 307 g/mol. The van der Waals surface area contributed by atoms with Crippen molar-refractivity contribution < 1.29 is 13.2 Å². The highest BCUT2D eigenvalue weighted by Crippen LogP contribution is 2.32. The molecular weight excluding hydrogens is 286 g/mol. The molecule has 1 aromatic rings. The normalized spacial score (nSPS) is 21.0. The molecule has 114 valence electrons. The number of nitrogens with zero attached hydrogens (tertiary/aromatic N) is 1. The Kier molecular flexibility index (Phi) is 4.13. The zero-order chi connectivity index (χ0) is 14.9. The molecule has 0 aromatic heterocycles. The van der Waals surface area contributed by atoms with Gasteiger partial charge in [0.1, 0.15) is 0 Å². The van der Waals surface area contributed by atoms with Crippen molar-refractivity contribution in [2.24, 2.45) is 5.92 Å². The first-order valence-electron chi connectivity index (χ1n) is 7.73. The van der Waals surface area contributed by atoms with Crippen LogP contribution in [-0.2, 0) is 10.0 Å². The van der Waals surface area contributed by atoms with E-state index in [1.54, 1.807) is 28.6 Å². The minimum atomic E-state index is -3.41. The number of carbonyl (C=O) groups excluding carboxylic acids is 1. The zero-order valence-electron chi connectivity index (χ0n) is 12.1. The molecule has 3 rings (SSSR count). The standard InChI is InChI=1S/C16H21NO3S/c18-16(13-5-6-13)14-7-9-15(10-8-14)21(19,20)17-11-3-1-2-4-12-17/h7-10,13H,1-6,11-12H2. The Hall–Kier alpha value is -1.20. The molecule has 2 fully saturated rings. The Bertz CT molecular complexity index is 609. The fourth-order valence-corrected chi connectivity index (χ4v) is 4.32. The summed E-state index contributed by atoms with van der Waals surface area (Å²) in [6.07, 6.45) is 5.98. The maximum absolute atomic E-state index is 12.6. The van der Waals surface area contributed by atoms with E-state index >= 15 is 0 Å². The third-order valence-electron chi connectivity index (χ3n) is 4.29. The van der Waals surface area contributed by atoms with E-state index in [-0.39, 0.29) is 11.7 Å². The van der Waals surface area contributed by atoms with Crippen molar-refractivity contribution in [1.82, 2.24) is 4.31 Å². The van der Waals surface area contributed by atoms with Gasteiger partial charge < -0.3 is 0 Å². The van der Waals surface area contributed by atoms with Crippen LogP contribution in [0.25, 0.3) is 0 Å². The van der Waals surface area contributed by atoms with Crippen molar-refractivity contribution in [1.29, 1.82) is 0 Å². The third kappa shape index (κ3) is 3.19. The molecule has 1 aromatic carbocycles. The fraction of sp³-hybridized carbons (Fsp3) is 0.562. The first kappa shape index (κ1) is 14.7. The number of carbonyl (C=O) groups is 1. The van der Waals surface area contributed by atoms with Crippen molar-refractivity contribution in [2.75, 3.05) is 13.1 Å². The van der Waals surface area contributed by atoms with Crippen LogP contribution in [0, 0.1) is 5.92 Å². The van der Waals surface area contributed by atoms with Crippen LogP contribution in [0.5, 0.6) is 0 Å². The highest BCUT2D eigenvalue weighted by Gasteiger charge is 2.31. The number of rotatable bonds is 4. The average molecular weight is 307 g/mol. The molecule has 1 heterocycles. The largest absolute Gasteiger partial charge is 0.294 e. The lowest BCUT2D eigenvalue weighted by Crippen LogP contribution is -2.31. The van der Waals surface area contributed by atoms with E-state index in [2.05, 4.69) is 0 Å². The average Bonchev–Trinajstić information content (AvgIpc) is 3.32.